The molecule has 0 spiro atoms. The highest BCUT2D eigenvalue weighted by atomic mass is 19.1. The Hall–Kier alpha value is -1.95. The summed E-state index contributed by atoms with van der Waals surface area (Å²) >= 11 is 0. The van der Waals surface area contributed by atoms with Gasteiger partial charge < -0.3 is 15.2 Å². The second kappa shape index (κ2) is 5.79. The van der Waals surface area contributed by atoms with Crippen LogP contribution >= 0.6 is 0 Å². The number of carboxylic acid groups (broad SMARTS) is 1. The van der Waals surface area contributed by atoms with Gasteiger partial charge in [-0.05, 0) is 30.5 Å². The fraction of sp³-hybridized carbons (Fsp3) is 0.385. The van der Waals surface area contributed by atoms with Crippen LogP contribution in [0.3, 0.4) is 0 Å². The van der Waals surface area contributed by atoms with E-state index in [0.29, 0.717) is 18.6 Å². The molecular formula is C13H14FNO4. The number of halogens is 1. The van der Waals surface area contributed by atoms with E-state index in [1.807, 2.05) is 0 Å². The van der Waals surface area contributed by atoms with Crippen LogP contribution in [0.1, 0.15) is 24.4 Å². The van der Waals surface area contributed by atoms with E-state index in [4.69, 9.17) is 9.84 Å². The summed E-state index contributed by atoms with van der Waals surface area (Å²) in [5.74, 6) is -2.11. The Morgan fingerprint density at radius 2 is 2.05 bits per heavy atom. The summed E-state index contributed by atoms with van der Waals surface area (Å²) in [5, 5.41) is 11.5. The van der Waals surface area contributed by atoms with Gasteiger partial charge in [0.05, 0.1) is 0 Å². The number of rotatable bonds is 4. The predicted octanol–water partition coefficient (Wildman–Crippen LogP) is 1.25. The van der Waals surface area contributed by atoms with Gasteiger partial charge in [0.15, 0.2) is 6.04 Å². The first kappa shape index (κ1) is 13.5. The van der Waals surface area contributed by atoms with Crippen molar-refractivity contribution in [1.82, 2.24) is 5.32 Å². The fourth-order valence-electron chi connectivity index (χ4n) is 1.96. The Morgan fingerprint density at radius 3 is 2.58 bits per heavy atom. The number of hydrogen-bond donors (Lipinski definition) is 2. The molecule has 2 unspecified atom stereocenters. The first-order valence-corrected chi connectivity index (χ1v) is 5.98. The lowest BCUT2D eigenvalue weighted by Crippen LogP contribution is -2.40. The van der Waals surface area contributed by atoms with Crippen LogP contribution in [0.25, 0.3) is 0 Å². The molecule has 1 aliphatic rings. The third-order valence-electron chi connectivity index (χ3n) is 2.96. The highest BCUT2D eigenvalue weighted by Gasteiger charge is 2.29. The number of benzene rings is 1. The van der Waals surface area contributed by atoms with E-state index >= 15 is 0 Å². The van der Waals surface area contributed by atoms with Crippen molar-refractivity contribution in [1.29, 1.82) is 0 Å². The van der Waals surface area contributed by atoms with Gasteiger partial charge in [-0.2, -0.15) is 0 Å². The Kier molecular flexibility index (Phi) is 4.11. The summed E-state index contributed by atoms with van der Waals surface area (Å²) in [6.07, 6.45) is 0.774. The van der Waals surface area contributed by atoms with Gasteiger partial charge in [-0.1, -0.05) is 12.1 Å². The maximum atomic E-state index is 12.8. The number of aliphatic carboxylic acids is 1. The number of carbonyl (C=O) groups excluding carboxylic acids is 1. The molecule has 0 bridgehead atoms. The van der Waals surface area contributed by atoms with Crippen LogP contribution in [0, 0.1) is 5.82 Å². The molecule has 1 aliphatic heterocycles. The molecule has 2 rings (SSSR count). The number of carbonyl (C=O) groups is 2. The van der Waals surface area contributed by atoms with Gasteiger partial charge in [0.2, 0.25) is 5.91 Å². The Morgan fingerprint density at radius 1 is 1.37 bits per heavy atom. The van der Waals surface area contributed by atoms with Gasteiger partial charge in [0.1, 0.15) is 11.9 Å². The minimum absolute atomic E-state index is 0.320. The van der Waals surface area contributed by atoms with Crippen molar-refractivity contribution in [3.05, 3.63) is 35.6 Å². The maximum Gasteiger partial charge on any atom is 0.330 e. The molecule has 1 fully saturated rings. The van der Waals surface area contributed by atoms with Crippen LogP contribution in [0.15, 0.2) is 24.3 Å². The Bertz CT molecular complexity index is 468. The maximum absolute atomic E-state index is 12.8. The Balaban J connectivity index is 2.09. The third kappa shape index (κ3) is 3.29. The quantitative estimate of drug-likeness (QED) is 0.860. The van der Waals surface area contributed by atoms with E-state index in [9.17, 15) is 14.0 Å². The molecule has 0 saturated carbocycles. The summed E-state index contributed by atoms with van der Waals surface area (Å²) in [5.41, 5.74) is 0.320. The number of ether oxygens (including phenoxy) is 1. The fourth-order valence-corrected chi connectivity index (χ4v) is 1.96. The molecule has 19 heavy (non-hydrogen) atoms. The second-order valence-electron chi connectivity index (χ2n) is 4.33. The van der Waals surface area contributed by atoms with Gasteiger partial charge in [-0.15, -0.1) is 0 Å². The van der Waals surface area contributed by atoms with Gasteiger partial charge in [-0.25, -0.2) is 9.18 Å². The molecule has 0 radical (unpaired) electrons. The molecule has 1 aromatic rings. The van der Waals surface area contributed by atoms with Gasteiger partial charge in [-0.3, -0.25) is 4.79 Å². The molecule has 6 heteroatoms. The molecule has 2 atom stereocenters. The van der Waals surface area contributed by atoms with E-state index in [2.05, 4.69) is 5.32 Å². The number of hydrogen-bond acceptors (Lipinski definition) is 3. The second-order valence-corrected chi connectivity index (χ2v) is 4.33. The first-order chi connectivity index (χ1) is 9.08. The number of nitrogens with one attached hydrogen (secondary N) is 1. The lowest BCUT2D eigenvalue weighted by atomic mass is 10.1. The van der Waals surface area contributed by atoms with E-state index in [1.165, 1.54) is 12.1 Å². The summed E-state index contributed by atoms with van der Waals surface area (Å²) in [6, 6.07) is 3.79. The first-order valence-electron chi connectivity index (χ1n) is 5.98. The lowest BCUT2D eigenvalue weighted by molar-refractivity contribution is -0.143. The largest absolute Gasteiger partial charge is 0.479 e. The lowest BCUT2D eigenvalue weighted by Gasteiger charge is -2.17. The van der Waals surface area contributed by atoms with E-state index in [-0.39, 0.29) is 0 Å². The molecule has 1 heterocycles. The normalized spacial score (nSPS) is 19.9. The molecular weight excluding hydrogens is 253 g/mol. The zero-order chi connectivity index (χ0) is 13.8. The molecule has 1 amide bonds. The minimum Gasteiger partial charge on any atom is -0.479 e. The van der Waals surface area contributed by atoms with Gasteiger partial charge in [0.25, 0.3) is 0 Å². The predicted molar refractivity (Wildman–Crippen MR) is 63.9 cm³/mol. The standard InChI is InChI=1S/C13H14FNO4/c14-9-5-3-8(4-6-9)11(13(17)18)15-12(16)10-2-1-7-19-10/h3-6,10-11H,1-2,7H2,(H,15,16)(H,17,18). The highest BCUT2D eigenvalue weighted by Crippen LogP contribution is 2.17. The van der Waals surface area contributed by atoms with Crippen LogP contribution in [0.2, 0.25) is 0 Å². The SMILES string of the molecule is O=C(NC(C(=O)O)c1ccc(F)cc1)C1CCCO1. The summed E-state index contributed by atoms with van der Waals surface area (Å²) in [7, 11) is 0. The van der Waals surface area contributed by atoms with Crippen molar-refractivity contribution >= 4 is 11.9 Å². The topological polar surface area (TPSA) is 75.6 Å². The van der Waals surface area contributed by atoms with Crippen LogP contribution in [0.4, 0.5) is 4.39 Å². The monoisotopic (exact) mass is 267 g/mol. The highest BCUT2D eigenvalue weighted by molar-refractivity contribution is 5.87. The van der Waals surface area contributed by atoms with Gasteiger partial charge in [0, 0.05) is 6.61 Å². The Labute approximate surface area is 109 Å². The average molecular weight is 267 g/mol. The molecule has 1 aromatic carbocycles. The van der Waals surface area contributed by atoms with Crippen molar-refractivity contribution < 1.29 is 23.8 Å². The third-order valence-corrected chi connectivity index (χ3v) is 2.96. The minimum atomic E-state index is -1.20. The molecule has 102 valence electrons. The molecule has 1 saturated heterocycles. The summed E-state index contributed by atoms with van der Waals surface area (Å²) < 4.78 is 18.0. The van der Waals surface area contributed by atoms with Crippen LogP contribution in [-0.4, -0.2) is 29.7 Å². The van der Waals surface area contributed by atoms with E-state index in [0.717, 1.165) is 18.6 Å². The van der Waals surface area contributed by atoms with Crippen LogP contribution in [0.5, 0.6) is 0 Å². The summed E-state index contributed by atoms with van der Waals surface area (Å²) in [4.78, 5) is 23.0. The van der Waals surface area contributed by atoms with E-state index < -0.39 is 29.8 Å². The van der Waals surface area contributed by atoms with Crippen LogP contribution in [-0.2, 0) is 14.3 Å². The number of amides is 1. The van der Waals surface area contributed by atoms with Crippen molar-refractivity contribution in [3.8, 4) is 0 Å². The average Bonchev–Trinajstić information content (AvgIpc) is 2.90. The van der Waals surface area contributed by atoms with Gasteiger partial charge >= 0.3 is 5.97 Å². The van der Waals surface area contributed by atoms with Crippen LogP contribution < -0.4 is 5.32 Å². The summed E-state index contributed by atoms with van der Waals surface area (Å²) in [6.45, 7) is 0.506. The molecule has 2 N–H and O–H groups in total. The van der Waals surface area contributed by atoms with Crippen molar-refractivity contribution in [2.24, 2.45) is 0 Å². The number of carboxylic acids is 1. The molecule has 5 nitrogen and oxygen atoms in total. The zero-order valence-electron chi connectivity index (χ0n) is 10.1. The van der Waals surface area contributed by atoms with Crippen molar-refractivity contribution in [3.63, 3.8) is 0 Å². The van der Waals surface area contributed by atoms with Crippen molar-refractivity contribution in [2.45, 2.75) is 25.0 Å². The zero-order valence-corrected chi connectivity index (χ0v) is 10.1. The van der Waals surface area contributed by atoms with E-state index in [1.54, 1.807) is 0 Å². The molecule has 0 aliphatic carbocycles. The van der Waals surface area contributed by atoms with Crippen molar-refractivity contribution in [2.75, 3.05) is 6.61 Å². The molecule has 0 aromatic heterocycles. The smallest absolute Gasteiger partial charge is 0.330 e.